The third-order valence-corrected chi connectivity index (χ3v) is 3.34. The maximum atomic E-state index is 12.2. The molecule has 3 amide bonds. The van der Waals surface area contributed by atoms with Crippen LogP contribution in [0.25, 0.3) is 0 Å². The van der Waals surface area contributed by atoms with Gasteiger partial charge in [-0.05, 0) is 0 Å². The van der Waals surface area contributed by atoms with Gasteiger partial charge < -0.3 is 24.5 Å². The molecule has 2 fully saturated rings. The molecule has 1 N–H and O–H groups in total. The van der Waals surface area contributed by atoms with E-state index in [0.717, 1.165) is 0 Å². The van der Waals surface area contributed by atoms with Gasteiger partial charge in [0.25, 0.3) is 0 Å². The molecule has 19 heavy (non-hydrogen) atoms. The van der Waals surface area contributed by atoms with Crippen molar-refractivity contribution >= 4 is 17.9 Å². The molecule has 106 valence electrons. The minimum absolute atomic E-state index is 0.0225. The van der Waals surface area contributed by atoms with Crippen molar-refractivity contribution in [2.45, 2.75) is 6.10 Å². The number of carbonyl (C=O) groups is 3. The van der Waals surface area contributed by atoms with Crippen molar-refractivity contribution < 1.29 is 24.2 Å². The molecule has 0 aromatic rings. The molecule has 0 radical (unpaired) electrons. The fourth-order valence-electron chi connectivity index (χ4n) is 2.09. The zero-order valence-electron chi connectivity index (χ0n) is 10.7. The quantitative estimate of drug-likeness (QED) is 0.638. The van der Waals surface area contributed by atoms with Gasteiger partial charge in [-0.25, -0.2) is 9.59 Å². The first-order valence-electron chi connectivity index (χ1n) is 6.11. The number of amides is 3. The molecule has 1 unspecified atom stereocenters. The molecule has 0 spiro atoms. The van der Waals surface area contributed by atoms with Gasteiger partial charge in [0.05, 0.1) is 13.2 Å². The summed E-state index contributed by atoms with van der Waals surface area (Å²) >= 11 is 0. The number of nitrogens with zero attached hydrogens (tertiary/aromatic N) is 3. The SMILES string of the molecule is CN1CCN(C(=O)N2CCOC(C(=O)O)C2)CC1=O. The van der Waals surface area contributed by atoms with Crippen molar-refractivity contribution in [1.29, 1.82) is 0 Å². The van der Waals surface area contributed by atoms with Crippen LogP contribution in [-0.2, 0) is 14.3 Å². The van der Waals surface area contributed by atoms with Gasteiger partial charge in [0.2, 0.25) is 5.91 Å². The van der Waals surface area contributed by atoms with Gasteiger partial charge in [0, 0.05) is 26.7 Å². The predicted molar refractivity (Wildman–Crippen MR) is 63.6 cm³/mol. The zero-order valence-corrected chi connectivity index (χ0v) is 10.7. The number of hydrogen-bond acceptors (Lipinski definition) is 4. The van der Waals surface area contributed by atoms with Gasteiger partial charge >= 0.3 is 12.0 Å². The van der Waals surface area contributed by atoms with E-state index in [1.54, 1.807) is 11.9 Å². The molecule has 0 bridgehead atoms. The molecule has 0 aromatic carbocycles. The van der Waals surface area contributed by atoms with Crippen LogP contribution < -0.4 is 0 Å². The summed E-state index contributed by atoms with van der Waals surface area (Å²) in [5.74, 6) is -1.19. The van der Waals surface area contributed by atoms with Crippen LogP contribution in [0.4, 0.5) is 4.79 Å². The number of carbonyl (C=O) groups excluding carboxylic acids is 2. The average Bonchev–Trinajstić information content (AvgIpc) is 2.41. The topological polar surface area (TPSA) is 90.4 Å². The predicted octanol–water partition coefficient (Wildman–Crippen LogP) is -1.33. The minimum Gasteiger partial charge on any atom is -0.479 e. The number of hydrogen-bond donors (Lipinski definition) is 1. The number of urea groups is 1. The van der Waals surface area contributed by atoms with Crippen molar-refractivity contribution in [3.8, 4) is 0 Å². The van der Waals surface area contributed by atoms with Gasteiger partial charge in [-0.3, -0.25) is 4.79 Å². The molecule has 2 rings (SSSR count). The Morgan fingerprint density at radius 3 is 2.63 bits per heavy atom. The summed E-state index contributed by atoms with van der Waals surface area (Å²) in [7, 11) is 1.69. The summed E-state index contributed by atoms with van der Waals surface area (Å²) in [4.78, 5) is 39.1. The van der Waals surface area contributed by atoms with Gasteiger partial charge in [0.1, 0.15) is 6.54 Å². The summed E-state index contributed by atoms with van der Waals surface area (Å²) < 4.78 is 5.06. The van der Waals surface area contributed by atoms with Crippen molar-refractivity contribution in [3.05, 3.63) is 0 Å². The number of carboxylic acids is 1. The Morgan fingerprint density at radius 1 is 1.26 bits per heavy atom. The molecule has 8 heteroatoms. The average molecular weight is 271 g/mol. The number of likely N-dealkylation sites (N-methyl/N-ethyl adjacent to an activating group) is 1. The second-order valence-corrected chi connectivity index (χ2v) is 4.66. The highest BCUT2D eigenvalue weighted by molar-refractivity contribution is 5.85. The molecule has 2 aliphatic heterocycles. The molecule has 0 aliphatic carbocycles. The molecule has 2 heterocycles. The van der Waals surface area contributed by atoms with Crippen molar-refractivity contribution in [2.75, 3.05) is 46.4 Å². The van der Waals surface area contributed by atoms with Crippen LogP contribution in [-0.4, -0.2) is 90.2 Å². The first kappa shape index (κ1) is 13.6. The summed E-state index contributed by atoms with van der Waals surface area (Å²) in [6, 6.07) is -0.295. The van der Waals surface area contributed by atoms with Crippen LogP contribution >= 0.6 is 0 Å². The normalized spacial score (nSPS) is 24.6. The maximum absolute atomic E-state index is 12.2. The smallest absolute Gasteiger partial charge is 0.334 e. The second-order valence-electron chi connectivity index (χ2n) is 4.66. The molecule has 2 aliphatic rings. The largest absolute Gasteiger partial charge is 0.479 e. The molecule has 1 atom stereocenters. The minimum atomic E-state index is -1.08. The van der Waals surface area contributed by atoms with Crippen molar-refractivity contribution in [1.82, 2.24) is 14.7 Å². The lowest BCUT2D eigenvalue weighted by atomic mass is 10.2. The Morgan fingerprint density at radius 2 is 2.00 bits per heavy atom. The number of piperazine rings is 1. The van der Waals surface area contributed by atoms with Gasteiger partial charge in [-0.15, -0.1) is 0 Å². The van der Waals surface area contributed by atoms with Crippen LogP contribution in [0.1, 0.15) is 0 Å². The lowest BCUT2D eigenvalue weighted by Gasteiger charge is -2.38. The van der Waals surface area contributed by atoms with E-state index in [0.29, 0.717) is 19.6 Å². The van der Waals surface area contributed by atoms with Gasteiger partial charge in [0.15, 0.2) is 6.10 Å². The van der Waals surface area contributed by atoms with E-state index in [4.69, 9.17) is 9.84 Å². The zero-order chi connectivity index (χ0) is 14.0. The Labute approximate surface area is 110 Å². The van der Waals surface area contributed by atoms with E-state index in [1.165, 1.54) is 9.80 Å². The van der Waals surface area contributed by atoms with Crippen LogP contribution in [0.2, 0.25) is 0 Å². The second kappa shape index (κ2) is 5.43. The van der Waals surface area contributed by atoms with Crippen LogP contribution in [0, 0.1) is 0 Å². The number of carboxylic acid groups (broad SMARTS) is 1. The maximum Gasteiger partial charge on any atom is 0.334 e. The van der Waals surface area contributed by atoms with Crippen LogP contribution in [0.15, 0.2) is 0 Å². The Balaban J connectivity index is 1.96. The summed E-state index contributed by atoms with van der Waals surface area (Å²) in [5.41, 5.74) is 0. The lowest BCUT2D eigenvalue weighted by molar-refractivity contribution is -0.155. The molecule has 2 saturated heterocycles. The number of aliphatic carboxylic acids is 1. The lowest BCUT2D eigenvalue weighted by Crippen LogP contribution is -2.57. The summed E-state index contributed by atoms with van der Waals surface area (Å²) in [6.45, 7) is 1.58. The van der Waals surface area contributed by atoms with E-state index in [1.807, 2.05) is 0 Å². The molecule has 0 saturated carbocycles. The van der Waals surface area contributed by atoms with E-state index >= 15 is 0 Å². The van der Waals surface area contributed by atoms with Crippen LogP contribution in [0.3, 0.4) is 0 Å². The highest BCUT2D eigenvalue weighted by atomic mass is 16.5. The van der Waals surface area contributed by atoms with E-state index in [2.05, 4.69) is 0 Å². The van der Waals surface area contributed by atoms with Crippen LogP contribution in [0.5, 0.6) is 0 Å². The Hall–Kier alpha value is -1.83. The summed E-state index contributed by atoms with van der Waals surface area (Å²) in [6.07, 6.45) is -0.985. The third-order valence-electron chi connectivity index (χ3n) is 3.34. The van der Waals surface area contributed by atoms with E-state index in [9.17, 15) is 14.4 Å². The Bertz CT molecular complexity index is 400. The fourth-order valence-corrected chi connectivity index (χ4v) is 2.09. The molecule has 8 nitrogen and oxygen atoms in total. The fraction of sp³-hybridized carbons (Fsp3) is 0.727. The first-order valence-corrected chi connectivity index (χ1v) is 6.11. The molecular weight excluding hydrogens is 254 g/mol. The number of rotatable bonds is 1. The standard InChI is InChI=1S/C11H17N3O5/c1-12-2-3-13(7-9(12)15)11(18)14-4-5-19-8(6-14)10(16)17/h8H,2-7H2,1H3,(H,16,17). The monoisotopic (exact) mass is 271 g/mol. The number of morpholine rings is 1. The van der Waals surface area contributed by atoms with E-state index < -0.39 is 12.1 Å². The molecule has 0 aromatic heterocycles. The first-order chi connectivity index (χ1) is 8.99. The molecular formula is C11H17N3O5. The van der Waals surface area contributed by atoms with E-state index in [-0.39, 0.29) is 31.6 Å². The van der Waals surface area contributed by atoms with Crippen molar-refractivity contribution in [3.63, 3.8) is 0 Å². The third kappa shape index (κ3) is 2.95. The van der Waals surface area contributed by atoms with Crippen molar-refractivity contribution in [2.24, 2.45) is 0 Å². The highest BCUT2D eigenvalue weighted by Gasteiger charge is 2.33. The Kier molecular flexibility index (Phi) is 3.89. The summed E-state index contributed by atoms with van der Waals surface area (Å²) in [5, 5.41) is 8.89. The highest BCUT2D eigenvalue weighted by Crippen LogP contribution is 2.11. The number of ether oxygens (including phenoxy) is 1. The van der Waals surface area contributed by atoms with Gasteiger partial charge in [-0.1, -0.05) is 0 Å². The van der Waals surface area contributed by atoms with Gasteiger partial charge in [-0.2, -0.15) is 0 Å².